The maximum atomic E-state index is 13.2. The van der Waals surface area contributed by atoms with E-state index < -0.39 is 0 Å². The van der Waals surface area contributed by atoms with Gasteiger partial charge in [0, 0.05) is 11.5 Å². The van der Waals surface area contributed by atoms with Crippen molar-refractivity contribution in [3.8, 4) is 5.75 Å². The van der Waals surface area contributed by atoms with Crippen molar-refractivity contribution in [2.45, 2.75) is 37.6 Å². The van der Waals surface area contributed by atoms with E-state index in [1.807, 2.05) is 50.2 Å². The Balaban J connectivity index is 1.94. The Hall–Kier alpha value is -2.36. The van der Waals surface area contributed by atoms with Gasteiger partial charge in [0.25, 0.3) is 0 Å². The summed E-state index contributed by atoms with van der Waals surface area (Å²) in [5.74, 6) is 0.367. The summed E-state index contributed by atoms with van der Waals surface area (Å²) >= 11 is 0. The van der Waals surface area contributed by atoms with Crippen molar-refractivity contribution in [3.05, 3.63) is 65.5 Å². The molecule has 1 heterocycles. The molecule has 1 aliphatic heterocycles. The molecule has 126 valence electrons. The summed E-state index contributed by atoms with van der Waals surface area (Å²) in [7, 11) is 1.62. The second-order valence-electron chi connectivity index (χ2n) is 6.88. The first-order valence-corrected chi connectivity index (χ1v) is 8.12. The Bertz CT molecular complexity index is 740. The number of carbonyl (C=O) groups excluding carboxylic acids is 1. The zero-order valence-corrected chi connectivity index (χ0v) is 14.2. The van der Waals surface area contributed by atoms with Gasteiger partial charge in [0.2, 0.25) is 5.91 Å². The van der Waals surface area contributed by atoms with Gasteiger partial charge < -0.3 is 10.1 Å². The minimum absolute atomic E-state index is 0.0200. The largest absolute Gasteiger partial charge is 0.497 e. The van der Waals surface area contributed by atoms with E-state index in [0.717, 1.165) is 16.9 Å². The second-order valence-corrected chi connectivity index (χ2v) is 6.88. The van der Waals surface area contributed by atoms with Crippen molar-refractivity contribution in [3.63, 3.8) is 0 Å². The molecule has 1 amide bonds. The Morgan fingerprint density at radius 2 is 1.83 bits per heavy atom. The Kier molecular flexibility index (Phi) is 4.31. The molecule has 1 N–H and O–H groups in total. The zero-order chi connectivity index (χ0) is 17.3. The third-order valence-corrected chi connectivity index (χ3v) is 4.87. The number of ether oxygens (including phenoxy) is 1. The minimum Gasteiger partial charge on any atom is -0.497 e. The van der Waals surface area contributed by atoms with Crippen LogP contribution < -0.4 is 10.1 Å². The fourth-order valence-electron chi connectivity index (χ4n) is 3.52. The predicted molar refractivity (Wildman–Crippen MR) is 91.7 cm³/mol. The van der Waals surface area contributed by atoms with Crippen LogP contribution in [-0.4, -0.2) is 18.6 Å². The fourth-order valence-corrected chi connectivity index (χ4v) is 3.52. The van der Waals surface area contributed by atoms with Gasteiger partial charge in [-0.25, -0.2) is 4.39 Å². The van der Waals surface area contributed by atoms with E-state index in [1.54, 1.807) is 7.11 Å². The molecule has 3 rings (SSSR count). The lowest BCUT2D eigenvalue weighted by atomic mass is 9.71. The lowest BCUT2D eigenvalue weighted by molar-refractivity contribution is -0.127. The molecular formula is C20H22FNO2. The van der Waals surface area contributed by atoms with E-state index in [-0.39, 0.29) is 29.1 Å². The van der Waals surface area contributed by atoms with Crippen LogP contribution >= 0.6 is 0 Å². The van der Waals surface area contributed by atoms with Crippen LogP contribution in [0, 0.1) is 5.82 Å². The number of methoxy groups -OCH3 is 1. The van der Waals surface area contributed by atoms with E-state index in [1.165, 1.54) is 12.1 Å². The Labute approximate surface area is 141 Å². The van der Waals surface area contributed by atoms with Crippen molar-refractivity contribution in [1.82, 2.24) is 5.32 Å². The molecule has 2 aromatic carbocycles. The maximum Gasteiger partial charge on any atom is 0.227 e. The molecule has 0 aliphatic carbocycles. The number of carbonyl (C=O) groups is 1. The quantitative estimate of drug-likeness (QED) is 0.925. The van der Waals surface area contributed by atoms with E-state index in [0.29, 0.717) is 6.42 Å². The zero-order valence-electron chi connectivity index (χ0n) is 14.2. The lowest BCUT2D eigenvalue weighted by Gasteiger charge is -2.43. The monoisotopic (exact) mass is 327 g/mol. The number of halogens is 1. The number of nitrogens with one attached hydrogen (secondary N) is 1. The molecule has 0 aromatic heterocycles. The van der Waals surface area contributed by atoms with E-state index >= 15 is 0 Å². The molecule has 0 unspecified atom stereocenters. The van der Waals surface area contributed by atoms with Gasteiger partial charge in [0.15, 0.2) is 0 Å². The van der Waals surface area contributed by atoms with Crippen molar-refractivity contribution < 1.29 is 13.9 Å². The fraction of sp³-hybridized carbons (Fsp3) is 0.350. The highest BCUT2D eigenvalue weighted by Gasteiger charge is 2.42. The van der Waals surface area contributed by atoms with Crippen LogP contribution in [0.3, 0.4) is 0 Å². The molecule has 1 saturated heterocycles. The molecule has 0 bridgehead atoms. The SMILES string of the molecule is COc1cccc([C@H]2C[C@@H](c3ccc(F)cc3)C(C)(C)NC2=O)c1. The van der Waals surface area contributed by atoms with Gasteiger partial charge in [-0.1, -0.05) is 24.3 Å². The number of hydrogen-bond donors (Lipinski definition) is 1. The van der Waals surface area contributed by atoms with Gasteiger partial charge in [-0.3, -0.25) is 4.79 Å². The lowest BCUT2D eigenvalue weighted by Crippen LogP contribution is -2.54. The highest BCUT2D eigenvalue weighted by molar-refractivity contribution is 5.85. The summed E-state index contributed by atoms with van der Waals surface area (Å²) < 4.78 is 18.5. The molecule has 2 aromatic rings. The minimum atomic E-state index is -0.385. The van der Waals surface area contributed by atoms with Crippen LogP contribution in [0.2, 0.25) is 0 Å². The number of rotatable bonds is 3. The van der Waals surface area contributed by atoms with Crippen LogP contribution in [0.15, 0.2) is 48.5 Å². The van der Waals surface area contributed by atoms with Crippen molar-refractivity contribution in [2.24, 2.45) is 0 Å². The molecule has 0 spiro atoms. The summed E-state index contributed by atoms with van der Waals surface area (Å²) in [5.41, 5.74) is 1.59. The molecular weight excluding hydrogens is 305 g/mol. The average Bonchev–Trinajstić information content (AvgIpc) is 2.55. The summed E-state index contributed by atoms with van der Waals surface area (Å²) in [6.07, 6.45) is 0.678. The third kappa shape index (κ3) is 3.14. The van der Waals surface area contributed by atoms with E-state index in [2.05, 4.69) is 5.32 Å². The highest BCUT2D eigenvalue weighted by atomic mass is 19.1. The van der Waals surface area contributed by atoms with Crippen LogP contribution in [0.1, 0.15) is 43.2 Å². The van der Waals surface area contributed by atoms with Crippen molar-refractivity contribution in [2.75, 3.05) is 7.11 Å². The Morgan fingerprint density at radius 3 is 2.50 bits per heavy atom. The van der Waals surface area contributed by atoms with Gasteiger partial charge in [0.05, 0.1) is 13.0 Å². The van der Waals surface area contributed by atoms with Gasteiger partial charge in [-0.15, -0.1) is 0 Å². The van der Waals surface area contributed by atoms with E-state index in [9.17, 15) is 9.18 Å². The van der Waals surface area contributed by atoms with Gasteiger partial charge >= 0.3 is 0 Å². The normalized spacial score (nSPS) is 22.8. The topological polar surface area (TPSA) is 38.3 Å². The highest BCUT2D eigenvalue weighted by Crippen LogP contribution is 2.42. The Morgan fingerprint density at radius 1 is 1.12 bits per heavy atom. The first-order chi connectivity index (χ1) is 11.4. The molecule has 3 nitrogen and oxygen atoms in total. The number of amides is 1. The third-order valence-electron chi connectivity index (χ3n) is 4.87. The summed E-state index contributed by atoms with van der Waals surface area (Å²) in [4.78, 5) is 12.6. The van der Waals surface area contributed by atoms with Crippen LogP contribution in [-0.2, 0) is 4.79 Å². The second kappa shape index (κ2) is 6.27. The van der Waals surface area contributed by atoms with Crippen molar-refractivity contribution in [1.29, 1.82) is 0 Å². The number of benzene rings is 2. The molecule has 24 heavy (non-hydrogen) atoms. The summed E-state index contributed by atoms with van der Waals surface area (Å²) in [5, 5.41) is 3.13. The molecule has 2 atom stereocenters. The molecule has 1 fully saturated rings. The maximum absolute atomic E-state index is 13.2. The molecule has 0 radical (unpaired) electrons. The van der Waals surface area contributed by atoms with Gasteiger partial charge in [-0.2, -0.15) is 0 Å². The van der Waals surface area contributed by atoms with Crippen molar-refractivity contribution >= 4 is 5.91 Å². The summed E-state index contributed by atoms with van der Waals surface area (Å²) in [6.45, 7) is 4.03. The van der Waals surface area contributed by atoms with Gasteiger partial charge in [0.1, 0.15) is 11.6 Å². The van der Waals surface area contributed by atoms with E-state index in [4.69, 9.17) is 4.74 Å². The number of piperidine rings is 1. The number of hydrogen-bond acceptors (Lipinski definition) is 2. The smallest absolute Gasteiger partial charge is 0.227 e. The van der Waals surface area contributed by atoms with Crippen LogP contribution in [0.25, 0.3) is 0 Å². The van der Waals surface area contributed by atoms with Crippen LogP contribution in [0.4, 0.5) is 4.39 Å². The predicted octanol–water partition coefficient (Wildman–Crippen LogP) is 4.00. The summed E-state index contributed by atoms with van der Waals surface area (Å²) in [6, 6.07) is 14.2. The standard InChI is InChI=1S/C20H22FNO2/c1-20(2)18(13-7-9-15(21)10-8-13)12-17(19(23)22-20)14-5-4-6-16(11-14)24-3/h4-11,17-18H,12H2,1-3H3,(H,22,23)/t17-,18+/m1/s1. The molecule has 0 saturated carbocycles. The first kappa shape index (κ1) is 16.5. The first-order valence-electron chi connectivity index (χ1n) is 8.12. The van der Waals surface area contributed by atoms with Gasteiger partial charge in [-0.05, 0) is 55.7 Å². The molecule has 4 heteroatoms. The van der Waals surface area contributed by atoms with Crippen LogP contribution in [0.5, 0.6) is 5.75 Å². The molecule has 1 aliphatic rings. The average molecular weight is 327 g/mol.